The molecule has 30 heavy (non-hydrogen) atoms. The Kier molecular flexibility index (Phi) is 6.15. The first-order valence-corrected chi connectivity index (χ1v) is 11.1. The molecule has 158 valence electrons. The minimum absolute atomic E-state index is 0.112. The number of hydrogen-bond acceptors (Lipinski definition) is 6. The Morgan fingerprint density at radius 2 is 2.10 bits per heavy atom. The molecule has 0 radical (unpaired) electrons. The van der Waals surface area contributed by atoms with Gasteiger partial charge in [0.05, 0.1) is 17.2 Å². The minimum Gasteiger partial charge on any atom is -0.463 e. The summed E-state index contributed by atoms with van der Waals surface area (Å²) >= 11 is 7.56. The number of esters is 1. The lowest BCUT2D eigenvalue weighted by atomic mass is 9.89. The molecule has 2 heterocycles. The molecule has 1 N–H and O–H groups in total. The number of nitrogens with zero attached hydrogens (tertiary/aromatic N) is 2. The molecule has 1 aromatic carbocycles. The lowest BCUT2D eigenvalue weighted by molar-refractivity contribution is -0.139. The fraction of sp³-hybridized carbons (Fsp3) is 0.381. The Labute approximate surface area is 181 Å². The molecular weight excluding hydrogens is 432 g/mol. The van der Waals surface area contributed by atoms with E-state index in [0.29, 0.717) is 16.5 Å². The normalized spacial score (nSPS) is 19.6. The second kappa shape index (κ2) is 8.81. The van der Waals surface area contributed by atoms with E-state index >= 15 is 0 Å². The highest BCUT2D eigenvalue weighted by atomic mass is 35.5. The van der Waals surface area contributed by atoms with Crippen molar-refractivity contribution in [2.75, 3.05) is 6.61 Å². The highest BCUT2D eigenvalue weighted by Gasteiger charge is 2.37. The SMILES string of the molecule is CCOC(=O)C1=C(C2CCCC2)NC(c2nccs2)=NC1c1ccc(F)c(F)c1Cl. The van der Waals surface area contributed by atoms with E-state index in [1.165, 1.54) is 17.4 Å². The fourth-order valence-electron chi connectivity index (χ4n) is 3.96. The van der Waals surface area contributed by atoms with Gasteiger partial charge in [-0.3, -0.25) is 4.99 Å². The predicted octanol–water partition coefficient (Wildman–Crippen LogP) is 5.17. The molecule has 2 aliphatic rings. The maximum absolute atomic E-state index is 14.3. The molecule has 1 aliphatic heterocycles. The molecule has 1 saturated carbocycles. The van der Waals surface area contributed by atoms with Crippen molar-refractivity contribution >= 4 is 34.7 Å². The maximum atomic E-state index is 14.3. The third-order valence-corrected chi connectivity index (χ3v) is 6.49. The van der Waals surface area contributed by atoms with Crippen molar-refractivity contribution < 1.29 is 18.3 Å². The first-order chi connectivity index (χ1) is 14.5. The zero-order valence-electron chi connectivity index (χ0n) is 16.3. The van der Waals surface area contributed by atoms with Gasteiger partial charge < -0.3 is 10.1 Å². The molecule has 2 aromatic rings. The molecule has 0 amide bonds. The summed E-state index contributed by atoms with van der Waals surface area (Å²) in [5.41, 5.74) is 1.21. The molecule has 1 aromatic heterocycles. The molecule has 0 spiro atoms. The summed E-state index contributed by atoms with van der Waals surface area (Å²) in [4.78, 5) is 22.0. The number of hydrogen-bond donors (Lipinski definition) is 1. The van der Waals surface area contributed by atoms with Gasteiger partial charge >= 0.3 is 5.97 Å². The second-order valence-electron chi connectivity index (χ2n) is 7.14. The minimum atomic E-state index is -1.16. The van der Waals surface area contributed by atoms with Gasteiger partial charge in [-0.1, -0.05) is 30.5 Å². The van der Waals surface area contributed by atoms with Crippen molar-refractivity contribution in [3.8, 4) is 0 Å². The number of amidine groups is 1. The van der Waals surface area contributed by atoms with Crippen LogP contribution in [0.4, 0.5) is 8.78 Å². The Bertz CT molecular complexity index is 1020. The standard InChI is InChI=1S/C21H20ClF2N3O2S/c1-2-29-21(28)14-17(11-5-3-4-6-11)26-19(20-25-9-10-30-20)27-18(14)12-7-8-13(23)16(24)15(12)22/h7-11,18H,2-6H2,1H3,(H,26,27). The zero-order chi connectivity index (χ0) is 21.3. The van der Waals surface area contributed by atoms with E-state index in [4.69, 9.17) is 16.3 Å². The number of halogens is 3. The quantitative estimate of drug-likeness (QED) is 0.503. The van der Waals surface area contributed by atoms with Crippen molar-refractivity contribution in [2.24, 2.45) is 10.9 Å². The number of aromatic nitrogens is 1. The number of rotatable bonds is 5. The van der Waals surface area contributed by atoms with Crippen molar-refractivity contribution in [1.29, 1.82) is 0 Å². The zero-order valence-corrected chi connectivity index (χ0v) is 17.8. The highest BCUT2D eigenvalue weighted by molar-refractivity contribution is 7.11. The van der Waals surface area contributed by atoms with Crippen LogP contribution in [0.5, 0.6) is 0 Å². The van der Waals surface area contributed by atoms with Gasteiger partial charge in [-0.2, -0.15) is 0 Å². The molecule has 9 heteroatoms. The van der Waals surface area contributed by atoms with Crippen LogP contribution in [0.25, 0.3) is 0 Å². The molecule has 1 aliphatic carbocycles. The summed E-state index contributed by atoms with van der Waals surface area (Å²) in [7, 11) is 0. The number of allylic oxidation sites excluding steroid dienone is 1. The van der Waals surface area contributed by atoms with Crippen LogP contribution in [0.15, 0.2) is 40.0 Å². The van der Waals surface area contributed by atoms with Crippen LogP contribution in [0.1, 0.15) is 49.2 Å². The van der Waals surface area contributed by atoms with E-state index in [2.05, 4.69) is 15.3 Å². The van der Waals surface area contributed by atoms with Gasteiger partial charge in [0.25, 0.3) is 0 Å². The van der Waals surface area contributed by atoms with Crippen LogP contribution in [0, 0.1) is 17.6 Å². The number of thiazole rings is 1. The topological polar surface area (TPSA) is 63.6 Å². The van der Waals surface area contributed by atoms with E-state index in [9.17, 15) is 13.6 Å². The summed E-state index contributed by atoms with van der Waals surface area (Å²) in [5, 5.41) is 5.36. The summed E-state index contributed by atoms with van der Waals surface area (Å²) < 4.78 is 33.3. The van der Waals surface area contributed by atoms with Crippen LogP contribution in [-0.2, 0) is 9.53 Å². The van der Waals surface area contributed by atoms with Gasteiger partial charge in [0.2, 0.25) is 0 Å². The van der Waals surface area contributed by atoms with Gasteiger partial charge in [-0.25, -0.2) is 18.6 Å². The van der Waals surface area contributed by atoms with Gasteiger partial charge in [-0.15, -0.1) is 11.3 Å². The number of carbonyl (C=O) groups excluding carboxylic acids is 1. The monoisotopic (exact) mass is 451 g/mol. The van der Waals surface area contributed by atoms with E-state index in [0.717, 1.165) is 31.7 Å². The van der Waals surface area contributed by atoms with Crippen molar-refractivity contribution in [2.45, 2.75) is 38.6 Å². The fourth-order valence-corrected chi connectivity index (χ4v) is 4.81. The van der Waals surface area contributed by atoms with Gasteiger partial charge in [0.1, 0.15) is 6.04 Å². The van der Waals surface area contributed by atoms with Gasteiger partial charge in [-0.05, 0) is 31.7 Å². The van der Waals surface area contributed by atoms with Crippen LogP contribution >= 0.6 is 22.9 Å². The van der Waals surface area contributed by atoms with Crippen molar-refractivity contribution in [3.05, 3.63) is 62.2 Å². The average Bonchev–Trinajstić information content (AvgIpc) is 3.45. The van der Waals surface area contributed by atoms with Crippen molar-refractivity contribution in [1.82, 2.24) is 10.3 Å². The van der Waals surface area contributed by atoms with E-state index in [-0.39, 0.29) is 23.7 Å². The number of aliphatic imine (C=N–C) groups is 1. The van der Waals surface area contributed by atoms with Crippen LogP contribution in [0.2, 0.25) is 5.02 Å². The third kappa shape index (κ3) is 3.86. The maximum Gasteiger partial charge on any atom is 0.338 e. The molecule has 0 bridgehead atoms. The lowest BCUT2D eigenvalue weighted by Gasteiger charge is -2.30. The molecule has 4 rings (SSSR count). The Hall–Kier alpha value is -2.32. The molecule has 0 saturated heterocycles. The van der Waals surface area contributed by atoms with Crippen molar-refractivity contribution in [3.63, 3.8) is 0 Å². The molecular formula is C21H20ClF2N3O2S. The average molecular weight is 452 g/mol. The van der Waals surface area contributed by atoms with E-state index in [1.54, 1.807) is 13.1 Å². The number of carbonyl (C=O) groups is 1. The first kappa shape index (κ1) is 20.9. The number of nitrogens with one attached hydrogen (secondary N) is 1. The second-order valence-corrected chi connectivity index (χ2v) is 8.41. The van der Waals surface area contributed by atoms with Crippen LogP contribution in [0.3, 0.4) is 0 Å². The number of ether oxygens (including phenoxy) is 1. The Morgan fingerprint density at radius 1 is 1.33 bits per heavy atom. The molecule has 1 unspecified atom stereocenters. The Morgan fingerprint density at radius 3 is 2.77 bits per heavy atom. The summed E-state index contributed by atoms with van der Waals surface area (Å²) in [6.45, 7) is 1.90. The largest absolute Gasteiger partial charge is 0.463 e. The van der Waals surface area contributed by atoms with Crippen LogP contribution in [-0.4, -0.2) is 23.4 Å². The molecule has 1 atom stereocenters. The first-order valence-electron chi connectivity index (χ1n) is 9.80. The predicted molar refractivity (Wildman–Crippen MR) is 112 cm³/mol. The molecule has 1 fully saturated rings. The van der Waals surface area contributed by atoms with Gasteiger partial charge in [0, 0.05) is 22.8 Å². The van der Waals surface area contributed by atoms with Crippen LogP contribution < -0.4 is 5.32 Å². The smallest absolute Gasteiger partial charge is 0.338 e. The highest BCUT2D eigenvalue weighted by Crippen LogP contribution is 2.42. The number of benzene rings is 1. The summed E-state index contributed by atoms with van der Waals surface area (Å²) in [5.74, 6) is -2.17. The van der Waals surface area contributed by atoms with E-state index in [1.807, 2.05) is 5.38 Å². The van der Waals surface area contributed by atoms with Gasteiger partial charge in [0.15, 0.2) is 22.5 Å². The van der Waals surface area contributed by atoms with E-state index < -0.39 is 28.7 Å². The Balaban J connectivity index is 1.91. The lowest BCUT2D eigenvalue weighted by Crippen LogP contribution is -2.36. The molecule has 5 nitrogen and oxygen atoms in total. The third-order valence-electron chi connectivity index (χ3n) is 5.33. The summed E-state index contributed by atoms with van der Waals surface area (Å²) in [6, 6.07) is 1.43. The summed E-state index contributed by atoms with van der Waals surface area (Å²) in [6.07, 6.45) is 5.57.